The van der Waals surface area contributed by atoms with E-state index in [4.69, 9.17) is 0 Å². The van der Waals surface area contributed by atoms with Gasteiger partial charge in [0.05, 0.1) is 11.9 Å². The Balaban J connectivity index is 1.45. The highest BCUT2D eigenvalue weighted by molar-refractivity contribution is 5.97. The van der Waals surface area contributed by atoms with Crippen LogP contribution in [0.1, 0.15) is 49.4 Å². The van der Waals surface area contributed by atoms with Crippen LogP contribution in [0.4, 0.5) is 4.39 Å². The number of nitrogens with zero attached hydrogens (tertiary/aromatic N) is 4. The fraction of sp³-hybridized carbons (Fsp3) is 0.417. The first-order chi connectivity index (χ1) is 15.2. The molecule has 3 aromatic rings. The summed E-state index contributed by atoms with van der Waals surface area (Å²) < 4.78 is 16.9. The van der Waals surface area contributed by atoms with Gasteiger partial charge in [0, 0.05) is 31.5 Å². The number of nitrogens with one attached hydrogen (secondary N) is 1. The highest BCUT2D eigenvalue weighted by atomic mass is 19.1. The van der Waals surface area contributed by atoms with Crippen molar-refractivity contribution in [3.63, 3.8) is 0 Å². The predicted molar refractivity (Wildman–Crippen MR) is 119 cm³/mol. The molecule has 2 aromatic heterocycles. The third-order valence-corrected chi connectivity index (χ3v) is 6.04. The Morgan fingerprint density at radius 1 is 1.19 bits per heavy atom. The van der Waals surface area contributed by atoms with Gasteiger partial charge in [0.15, 0.2) is 5.82 Å². The first-order valence-corrected chi connectivity index (χ1v) is 11.2. The first kappa shape index (κ1) is 21.3. The van der Waals surface area contributed by atoms with Crippen LogP contribution >= 0.6 is 0 Å². The standard InChI is InChI=1S/C24H30FN5O/c1-2-20-8-3-4-14-28(20)17-7-13-26-23(31)22-18-27-30(21-11-9-19(25)10-12-21)24(22)29-15-5-6-16-29/h5-6,9-12,15-16,18,20H,2-4,7-8,13-14,17H2,1H3,(H,26,31). The van der Waals surface area contributed by atoms with Crippen molar-refractivity contribution in [2.24, 2.45) is 0 Å². The summed E-state index contributed by atoms with van der Waals surface area (Å²) in [4.78, 5) is 15.5. The first-order valence-electron chi connectivity index (χ1n) is 11.2. The molecule has 164 valence electrons. The van der Waals surface area contributed by atoms with Crippen molar-refractivity contribution in [2.75, 3.05) is 19.6 Å². The quantitative estimate of drug-likeness (QED) is 0.553. The van der Waals surface area contributed by atoms with Crippen LogP contribution in [0.3, 0.4) is 0 Å². The zero-order valence-electron chi connectivity index (χ0n) is 18.0. The monoisotopic (exact) mass is 423 g/mol. The number of hydrogen-bond donors (Lipinski definition) is 1. The highest BCUT2D eigenvalue weighted by Gasteiger charge is 2.21. The number of aromatic nitrogens is 3. The second kappa shape index (κ2) is 9.92. The van der Waals surface area contributed by atoms with Gasteiger partial charge in [-0.25, -0.2) is 9.07 Å². The van der Waals surface area contributed by atoms with Crippen LogP contribution in [0.5, 0.6) is 0 Å². The minimum absolute atomic E-state index is 0.150. The van der Waals surface area contributed by atoms with E-state index in [1.54, 1.807) is 23.0 Å². The summed E-state index contributed by atoms with van der Waals surface area (Å²) in [5.74, 6) is 0.175. The van der Waals surface area contributed by atoms with Crippen LogP contribution in [0.2, 0.25) is 0 Å². The molecule has 1 amide bonds. The molecule has 6 nitrogen and oxygen atoms in total. The molecule has 1 aromatic carbocycles. The van der Waals surface area contributed by atoms with Gasteiger partial charge in [0.2, 0.25) is 0 Å². The minimum Gasteiger partial charge on any atom is -0.352 e. The number of hydrogen-bond acceptors (Lipinski definition) is 3. The van der Waals surface area contributed by atoms with Crippen molar-refractivity contribution in [1.29, 1.82) is 0 Å². The van der Waals surface area contributed by atoms with Crippen LogP contribution in [-0.2, 0) is 0 Å². The molecule has 1 atom stereocenters. The SMILES string of the molecule is CCC1CCCCN1CCCNC(=O)c1cnn(-c2ccc(F)cc2)c1-n1cccc1. The van der Waals surface area contributed by atoms with E-state index < -0.39 is 0 Å². The maximum absolute atomic E-state index is 13.4. The number of rotatable bonds is 8. The molecule has 1 saturated heterocycles. The zero-order valence-corrected chi connectivity index (χ0v) is 18.0. The largest absolute Gasteiger partial charge is 0.352 e. The molecule has 0 radical (unpaired) electrons. The van der Waals surface area contributed by atoms with E-state index in [-0.39, 0.29) is 11.7 Å². The molecule has 1 fully saturated rings. The van der Waals surface area contributed by atoms with E-state index in [2.05, 4.69) is 22.2 Å². The van der Waals surface area contributed by atoms with Gasteiger partial charge in [-0.1, -0.05) is 13.3 Å². The van der Waals surface area contributed by atoms with Gasteiger partial charge in [0.1, 0.15) is 11.4 Å². The fourth-order valence-corrected chi connectivity index (χ4v) is 4.39. The van der Waals surface area contributed by atoms with Crippen molar-refractivity contribution in [3.05, 3.63) is 66.4 Å². The average molecular weight is 424 g/mol. The van der Waals surface area contributed by atoms with Crippen LogP contribution < -0.4 is 5.32 Å². The number of likely N-dealkylation sites (tertiary alicyclic amines) is 1. The van der Waals surface area contributed by atoms with Crippen molar-refractivity contribution < 1.29 is 9.18 Å². The molecule has 1 N–H and O–H groups in total. The van der Waals surface area contributed by atoms with Gasteiger partial charge in [-0.3, -0.25) is 4.79 Å². The summed E-state index contributed by atoms with van der Waals surface area (Å²) in [5, 5.41) is 7.48. The van der Waals surface area contributed by atoms with Gasteiger partial charge in [-0.15, -0.1) is 0 Å². The van der Waals surface area contributed by atoms with Crippen molar-refractivity contribution in [2.45, 2.75) is 45.1 Å². The van der Waals surface area contributed by atoms with Crippen LogP contribution in [0.15, 0.2) is 55.0 Å². The number of piperidine rings is 1. The second-order valence-corrected chi connectivity index (χ2v) is 8.06. The Labute approximate surface area is 182 Å². The maximum Gasteiger partial charge on any atom is 0.256 e. The van der Waals surface area contributed by atoms with E-state index in [1.807, 2.05) is 29.1 Å². The number of carbonyl (C=O) groups is 1. The van der Waals surface area contributed by atoms with Gasteiger partial charge in [0.25, 0.3) is 5.91 Å². The molecule has 0 saturated carbocycles. The number of carbonyl (C=O) groups excluding carboxylic acids is 1. The smallest absolute Gasteiger partial charge is 0.256 e. The molecule has 1 unspecified atom stereocenters. The van der Waals surface area contributed by atoms with Gasteiger partial charge >= 0.3 is 0 Å². The van der Waals surface area contributed by atoms with Gasteiger partial charge < -0.3 is 14.8 Å². The number of benzene rings is 1. The van der Waals surface area contributed by atoms with Crippen LogP contribution in [-0.4, -0.2) is 50.8 Å². The van der Waals surface area contributed by atoms with E-state index in [0.29, 0.717) is 29.7 Å². The van der Waals surface area contributed by atoms with E-state index in [0.717, 1.165) is 19.5 Å². The lowest BCUT2D eigenvalue weighted by atomic mass is 10.00. The molecule has 4 rings (SSSR count). The van der Waals surface area contributed by atoms with E-state index >= 15 is 0 Å². The van der Waals surface area contributed by atoms with E-state index in [1.165, 1.54) is 37.8 Å². The molecule has 1 aliphatic heterocycles. The summed E-state index contributed by atoms with van der Waals surface area (Å²) in [5.41, 5.74) is 1.18. The Kier molecular flexibility index (Phi) is 6.82. The zero-order chi connectivity index (χ0) is 21.6. The molecular formula is C24H30FN5O. The maximum atomic E-state index is 13.4. The normalized spacial score (nSPS) is 17.0. The highest BCUT2D eigenvalue weighted by Crippen LogP contribution is 2.21. The third kappa shape index (κ3) is 4.88. The Bertz CT molecular complexity index is 980. The molecule has 31 heavy (non-hydrogen) atoms. The molecule has 0 bridgehead atoms. The Hall–Kier alpha value is -2.93. The van der Waals surface area contributed by atoms with Crippen molar-refractivity contribution in [1.82, 2.24) is 24.6 Å². The van der Waals surface area contributed by atoms with Crippen molar-refractivity contribution >= 4 is 5.91 Å². The second-order valence-electron chi connectivity index (χ2n) is 8.06. The topological polar surface area (TPSA) is 55.1 Å². The molecular weight excluding hydrogens is 393 g/mol. The predicted octanol–water partition coefficient (Wildman–Crippen LogP) is 4.19. The van der Waals surface area contributed by atoms with Gasteiger partial charge in [-0.05, 0) is 68.6 Å². The Morgan fingerprint density at radius 2 is 1.97 bits per heavy atom. The lowest BCUT2D eigenvalue weighted by Gasteiger charge is -2.35. The molecule has 7 heteroatoms. The molecule has 1 aliphatic rings. The molecule has 3 heterocycles. The number of halogens is 1. The Morgan fingerprint density at radius 3 is 2.71 bits per heavy atom. The number of amides is 1. The lowest BCUT2D eigenvalue weighted by molar-refractivity contribution is 0.0947. The van der Waals surface area contributed by atoms with Crippen LogP contribution in [0.25, 0.3) is 11.5 Å². The summed E-state index contributed by atoms with van der Waals surface area (Å²) in [6, 6.07) is 10.6. The molecule has 0 spiro atoms. The lowest BCUT2D eigenvalue weighted by Crippen LogP contribution is -2.40. The fourth-order valence-electron chi connectivity index (χ4n) is 4.39. The van der Waals surface area contributed by atoms with Gasteiger partial charge in [-0.2, -0.15) is 5.10 Å². The van der Waals surface area contributed by atoms with E-state index in [9.17, 15) is 9.18 Å². The summed E-state index contributed by atoms with van der Waals surface area (Å²) in [6.45, 7) is 5.05. The summed E-state index contributed by atoms with van der Waals surface area (Å²) >= 11 is 0. The van der Waals surface area contributed by atoms with Crippen LogP contribution in [0, 0.1) is 5.82 Å². The third-order valence-electron chi connectivity index (χ3n) is 6.04. The average Bonchev–Trinajstić information content (AvgIpc) is 3.47. The summed E-state index contributed by atoms with van der Waals surface area (Å²) in [6.07, 6.45) is 11.3. The summed E-state index contributed by atoms with van der Waals surface area (Å²) in [7, 11) is 0. The minimum atomic E-state index is -0.310. The molecule has 0 aliphatic carbocycles. The van der Waals surface area contributed by atoms with Crippen molar-refractivity contribution in [3.8, 4) is 11.5 Å².